The maximum atomic E-state index is 12.7. The van der Waals surface area contributed by atoms with E-state index in [4.69, 9.17) is 21.1 Å². The lowest BCUT2D eigenvalue weighted by Gasteiger charge is -2.13. The van der Waals surface area contributed by atoms with Crippen molar-refractivity contribution in [3.05, 3.63) is 70.9 Å². The highest BCUT2D eigenvalue weighted by Gasteiger charge is 2.14. The molecule has 0 fully saturated rings. The second-order valence-electron chi connectivity index (χ2n) is 6.07. The number of nitrogens with zero attached hydrogens (tertiary/aromatic N) is 1. The van der Waals surface area contributed by atoms with E-state index in [-0.39, 0.29) is 5.91 Å². The molecule has 3 aromatic rings. The Bertz CT molecular complexity index is 1010. The van der Waals surface area contributed by atoms with Gasteiger partial charge in [-0.1, -0.05) is 23.7 Å². The zero-order valence-electron chi connectivity index (χ0n) is 15.7. The molecule has 0 bridgehead atoms. The second kappa shape index (κ2) is 8.63. The van der Waals surface area contributed by atoms with Crippen LogP contribution in [0.25, 0.3) is 0 Å². The number of carbonyl (C=O) groups is 1. The molecule has 3 rings (SSSR count). The van der Waals surface area contributed by atoms with E-state index in [0.29, 0.717) is 33.6 Å². The van der Waals surface area contributed by atoms with Gasteiger partial charge in [0.1, 0.15) is 17.3 Å². The highest BCUT2D eigenvalue weighted by Crippen LogP contribution is 2.36. The van der Waals surface area contributed by atoms with Gasteiger partial charge in [-0.15, -0.1) is 0 Å². The van der Waals surface area contributed by atoms with Gasteiger partial charge in [0.2, 0.25) is 0 Å². The molecule has 0 spiro atoms. The van der Waals surface area contributed by atoms with Crippen molar-refractivity contribution in [1.29, 1.82) is 0 Å². The Morgan fingerprint density at radius 2 is 1.82 bits per heavy atom. The number of amides is 1. The van der Waals surface area contributed by atoms with E-state index in [9.17, 15) is 4.79 Å². The molecule has 6 nitrogen and oxygen atoms in total. The van der Waals surface area contributed by atoms with Gasteiger partial charge in [-0.05, 0) is 36.8 Å². The van der Waals surface area contributed by atoms with Gasteiger partial charge < -0.3 is 20.1 Å². The SMILES string of the molecule is COc1cc(NC(=O)c2ccnc(Nc3cccc(C)c3)c2)c(OC)cc1Cl. The zero-order valence-corrected chi connectivity index (χ0v) is 16.5. The molecule has 0 aliphatic heterocycles. The molecule has 2 N–H and O–H groups in total. The third-order valence-electron chi connectivity index (χ3n) is 4.03. The maximum absolute atomic E-state index is 12.7. The van der Waals surface area contributed by atoms with E-state index in [2.05, 4.69) is 15.6 Å². The van der Waals surface area contributed by atoms with Gasteiger partial charge in [0.05, 0.1) is 24.9 Å². The highest BCUT2D eigenvalue weighted by molar-refractivity contribution is 6.32. The molecule has 0 aliphatic carbocycles. The molecular weight excluding hydrogens is 378 g/mol. The largest absolute Gasteiger partial charge is 0.495 e. The molecule has 28 heavy (non-hydrogen) atoms. The number of anilines is 3. The van der Waals surface area contributed by atoms with Crippen molar-refractivity contribution in [3.8, 4) is 11.5 Å². The van der Waals surface area contributed by atoms with Crippen LogP contribution in [0.3, 0.4) is 0 Å². The average Bonchev–Trinajstić information content (AvgIpc) is 2.69. The molecule has 0 radical (unpaired) electrons. The number of pyridine rings is 1. The van der Waals surface area contributed by atoms with Gasteiger partial charge in [-0.25, -0.2) is 4.98 Å². The monoisotopic (exact) mass is 397 g/mol. The molecule has 2 aromatic carbocycles. The van der Waals surface area contributed by atoms with E-state index in [1.807, 2.05) is 31.2 Å². The first-order valence-corrected chi connectivity index (χ1v) is 8.90. The lowest BCUT2D eigenvalue weighted by Crippen LogP contribution is -2.13. The van der Waals surface area contributed by atoms with Crippen LogP contribution < -0.4 is 20.1 Å². The minimum atomic E-state index is -0.308. The fourth-order valence-electron chi connectivity index (χ4n) is 2.66. The van der Waals surface area contributed by atoms with E-state index >= 15 is 0 Å². The zero-order chi connectivity index (χ0) is 20.1. The number of ether oxygens (including phenoxy) is 2. The van der Waals surface area contributed by atoms with Crippen LogP contribution in [0.2, 0.25) is 5.02 Å². The van der Waals surface area contributed by atoms with Crippen molar-refractivity contribution < 1.29 is 14.3 Å². The molecule has 7 heteroatoms. The highest BCUT2D eigenvalue weighted by atomic mass is 35.5. The van der Waals surface area contributed by atoms with Gasteiger partial charge in [0.15, 0.2) is 0 Å². The smallest absolute Gasteiger partial charge is 0.255 e. The first kappa shape index (κ1) is 19.5. The first-order chi connectivity index (χ1) is 13.5. The summed E-state index contributed by atoms with van der Waals surface area (Å²) in [6, 6.07) is 14.4. The van der Waals surface area contributed by atoms with Crippen molar-refractivity contribution in [2.45, 2.75) is 6.92 Å². The van der Waals surface area contributed by atoms with Crippen molar-refractivity contribution in [2.24, 2.45) is 0 Å². The molecule has 0 atom stereocenters. The maximum Gasteiger partial charge on any atom is 0.255 e. The minimum absolute atomic E-state index is 0.308. The van der Waals surface area contributed by atoms with Crippen LogP contribution in [0.15, 0.2) is 54.7 Å². The summed E-state index contributed by atoms with van der Waals surface area (Å²) in [5.74, 6) is 1.14. The number of hydrogen-bond donors (Lipinski definition) is 2. The number of nitrogens with one attached hydrogen (secondary N) is 2. The van der Waals surface area contributed by atoms with Gasteiger partial charge in [0, 0.05) is 29.6 Å². The van der Waals surface area contributed by atoms with Crippen molar-refractivity contribution in [1.82, 2.24) is 4.98 Å². The molecule has 1 amide bonds. The third kappa shape index (κ3) is 4.53. The Hall–Kier alpha value is -3.25. The van der Waals surface area contributed by atoms with Crippen molar-refractivity contribution in [3.63, 3.8) is 0 Å². The van der Waals surface area contributed by atoms with E-state index in [1.165, 1.54) is 14.2 Å². The normalized spacial score (nSPS) is 10.3. The summed E-state index contributed by atoms with van der Waals surface area (Å²) in [4.78, 5) is 17.0. The van der Waals surface area contributed by atoms with Crippen LogP contribution >= 0.6 is 11.6 Å². The van der Waals surface area contributed by atoms with Crippen LogP contribution in [0.4, 0.5) is 17.2 Å². The fourth-order valence-corrected chi connectivity index (χ4v) is 2.89. The average molecular weight is 398 g/mol. The van der Waals surface area contributed by atoms with E-state index < -0.39 is 0 Å². The van der Waals surface area contributed by atoms with Crippen LogP contribution in [0.1, 0.15) is 15.9 Å². The van der Waals surface area contributed by atoms with Crippen LogP contribution in [0, 0.1) is 6.92 Å². The number of aryl methyl sites for hydroxylation is 1. The predicted octanol–water partition coefficient (Wildman–Crippen LogP) is 5.06. The number of methoxy groups -OCH3 is 2. The summed E-state index contributed by atoms with van der Waals surface area (Å²) < 4.78 is 10.5. The Balaban J connectivity index is 1.82. The Labute approximate surface area is 168 Å². The van der Waals surface area contributed by atoms with Crippen molar-refractivity contribution >= 4 is 34.7 Å². The van der Waals surface area contributed by atoms with Gasteiger partial charge in [-0.3, -0.25) is 4.79 Å². The van der Waals surface area contributed by atoms with Crippen LogP contribution in [-0.2, 0) is 0 Å². The summed E-state index contributed by atoms with van der Waals surface area (Å²) in [6.07, 6.45) is 1.58. The summed E-state index contributed by atoms with van der Waals surface area (Å²) >= 11 is 6.11. The van der Waals surface area contributed by atoms with Crippen LogP contribution in [-0.4, -0.2) is 25.1 Å². The minimum Gasteiger partial charge on any atom is -0.495 e. The molecule has 0 unspecified atom stereocenters. The van der Waals surface area contributed by atoms with Crippen LogP contribution in [0.5, 0.6) is 11.5 Å². The fraction of sp³-hybridized carbons (Fsp3) is 0.143. The number of aromatic nitrogens is 1. The molecular formula is C21H20ClN3O3. The summed E-state index contributed by atoms with van der Waals surface area (Å²) in [6.45, 7) is 2.01. The van der Waals surface area contributed by atoms with Crippen molar-refractivity contribution in [2.75, 3.05) is 24.9 Å². The third-order valence-corrected chi connectivity index (χ3v) is 4.33. The van der Waals surface area contributed by atoms with E-state index in [0.717, 1.165) is 11.3 Å². The van der Waals surface area contributed by atoms with Gasteiger partial charge in [0.25, 0.3) is 5.91 Å². The Kier molecular flexibility index (Phi) is 6.01. The summed E-state index contributed by atoms with van der Waals surface area (Å²) in [5, 5.41) is 6.41. The molecule has 0 aliphatic rings. The van der Waals surface area contributed by atoms with Gasteiger partial charge in [-0.2, -0.15) is 0 Å². The molecule has 144 valence electrons. The standard InChI is InChI=1S/C21H20ClN3O3/c1-13-5-4-6-15(9-13)24-20-10-14(7-8-23-20)21(26)25-17-12-18(27-2)16(22)11-19(17)28-3/h4-12H,1-3H3,(H,23,24)(H,25,26). The number of halogens is 1. The molecule has 0 saturated carbocycles. The number of hydrogen-bond acceptors (Lipinski definition) is 5. The quantitative estimate of drug-likeness (QED) is 0.608. The Morgan fingerprint density at radius 3 is 2.54 bits per heavy atom. The molecule has 1 heterocycles. The number of carbonyl (C=O) groups excluding carboxylic acids is 1. The second-order valence-corrected chi connectivity index (χ2v) is 6.47. The molecule has 0 saturated heterocycles. The summed E-state index contributed by atoms with van der Waals surface area (Å²) in [5.41, 5.74) is 2.93. The molecule has 1 aromatic heterocycles. The lowest BCUT2D eigenvalue weighted by molar-refractivity contribution is 0.102. The lowest BCUT2D eigenvalue weighted by atomic mass is 10.2. The topological polar surface area (TPSA) is 72.5 Å². The van der Waals surface area contributed by atoms with Gasteiger partial charge >= 0.3 is 0 Å². The number of rotatable bonds is 6. The summed E-state index contributed by atoms with van der Waals surface area (Å²) in [7, 11) is 3.01. The Morgan fingerprint density at radius 1 is 1.04 bits per heavy atom. The predicted molar refractivity (Wildman–Crippen MR) is 111 cm³/mol. The first-order valence-electron chi connectivity index (χ1n) is 8.53. The van der Waals surface area contributed by atoms with E-state index in [1.54, 1.807) is 30.5 Å². The number of benzene rings is 2.